The van der Waals surface area contributed by atoms with Gasteiger partial charge in [0.25, 0.3) is 0 Å². The van der Waals surface area contributed by atoms with Gasteiger partial charge in [-0.2, -0.15) is 13.2 Å². The number of aromatic nitrogens is 8. The summed E-state index contributed by atoms with van der Waals surface area (Å²) in [7, 11) is 0. The minimum Gasteiger partial charge on any atom is -0.341 e. The van der Waals surface area contributed by atoms with Gasteiger partial charge in [0.1, 0.15) is 23.7 Å². The second kappa shape index (κ2) is 7.02. The molecule has 11 heteroatoms. The van der Waals surface area contributed by atoms with E-state index in [9.17, 15) is 13.2 Å². The van der Waals surface area contributed by atoms with Crippen molar-refractivity contribution in [2.24, 2.45) is 0 Å². The van der Waals surface area contributed by atoms with Gasteiger partial charge in [-0.25, -0.2) is 29.9 Å². The third-order valence-electron chi connectivity index (χ3n) is 3.76. The second-order valence-electron chi connectivity index (χ2n) is 5.51. The number of halogens is 3. The van der Waals surface area contributed by atoms with Crippen molar-refractivity contribution in [3.8, 4) is 11.3 Å². The summed E-state index contributed by atoms with van der Waals surface area (Å²) in [6.45, 7) is 0. The van der Waals surface area contributed by atoms with E-state index in [2.05, 4.69) is 39.9 Å². The fourth-order valence-corrected chi connectivity index (χ4v) is 2.56. The average molecular weight is 384 g/mol. The molecule has 4 heterocycles. The Labute approximate surface area is 155 Å². The fraction of sp³-hybridized carbons (Fsp3) is 0.0588. The lowest BCUT2D eigenvalue weighted by atomic mass is 10.1. The number of nitrogens with one attached hydrogen (secondary N) is 2. The lowest BCUT2D eigenvalue weighted by molar-refractivity contribution is -0.140. The van der Waals surface area contributed by atoms with Crippen LogP contribution in [-0.2, 0) is 6.18 Å². The first-order valence-electron chi connectivity index (χ1n) is 7.95. The van der Waals surface area contributed by atoms with Crippen LogP contribution >= 0.6 is 0 Å². The summed E-state index contributed by atoms with van der Waals surface area (Å²) in [6, 6.07) is 9.99. The van der Waals surface area contributed by atoms with Gasteiger partial charge in [0.05, 0.1) is 18.3 Å². The van der Waals surface area contributed by atoms with Crippen molar-refractivity contribution in [1.29, 1.82) is 0 Å². The predicted octanol–water partition coefficient (Wildman–Crippen LogP) is 3.39. The summed E-state index contributed by atoms with van der Waals surface area (Å²) in [4.78, 5) is 28.1. The highest BCUT2D eigenvalue weighted by Crippen LogP contribution is 2.30. The number of hydrogen-bond acceptors (Lipinski definition) is 6. The topological polar surface area (TPSA) is 109 Å². The van der Waals surface area contributed by atoms with Crippen molar-refractivity contribution in [2.75, 3.05) is 0 Å². The smallest absolute Gasteiger partial charge is 0.341 e. The Morgan fingerprint density at radius 2 is 1.29 bits per heavy atom. The molecule has 0 aliphatic rings. The molecule has 5 aromatic rings. The van der Waals surface area contributed by atoms with Gasteiger partial charge in [-0.05, 0) is 0 Å². The summed E-state index contributed by atoms with van der Waals surface area (Å²) in [6.07, 6.45) is 0.672. The monoisotopic (exact) mass is 384 g/mol. The number of rotatable bonds is 1. The molecule has 0 bridgehead atoms. The molecule has 5 rings (SSSR count). The molecule has 0 spiro atoms. The van der Waals surface area contributed by atoms with Gasteiger partial charge in [0, 0.05) is 5.56 Å². The van der Waals surface area contributed by atoms with Gasteiger partial charge in [0.2, 0.25) is 0 Å². The van der Waals surface area contributed by atoms with Crippen LogP contribution in [0.4, 0.5) is 13.2 Å². The first kappa shape index (κ1) is 17.5. The van der Waals surface area contributed by atoms with Gasteiger partial charge in [-0.1, -0.05) is 30.3 Å². The fourth-order valence-electron chi connectivity index (χ4n) is 2.56. The number of imidazole rings is 2. The SMILES string of the molecule is FC(F)(F)c1ncnc2nc[nH]c12.c1ccc(-c2ncnc3nc[nH]c23)cc1. The normalized spacial score (nSPS) is 11.4. The second-order valence-corrected chi connectivity index (χ2v) is 5.51. The first-order chi connectivity index (χ1) is 13.5. The summed E-state index contributed by atoms with van der Waals surface area (Å²) < 4.78 is 36.8. The van der Waals surface area contributed by atoms with Crippen LogP contribution in [0.1, 0.15) is 5.69 Å². The number of nitrogens with zero attached hydrogens (tertiary/aromatic N) is 6. The molecule has 2 N–H and O–H groups in total. The zero-order valence-electron chi connectivity index (χ0n) is 14.0. The maximum absolute atomic E-state index is 12.3. The van der Waals surface area contributed by atoms with Crippen LogP contribution in [0.5, 0.6) is 0 Å². The molecule has 0 radical (unpaired) electrons. The van der Waals surface area contributed by atoms with Crippen molar-refractivity contribution in [3.63, 3.8) is 0 Å². The Balaban J connectivity index is 0.000000139. The van der Waals surface area contributed by atoms with E-state index in [1.54, 1.807) is 6.33 Å². The molecule has 28 heavy (non-hydrogen) atoms. The Kier molecular flexibility index (Phi) is 4.39. The largest absolute Gasteiger partial charge is 0.435 e. The maximum atomic E-state index is 12.3. The van der Waals surface area contributed by atoms with Crippen LogP contribution in [0.25, 0.3) is 33.6 Å². The highest BCUT2D eigenvalue weighted by Gasteiger charge is 2.35. The van der Waals surface area contributed by atoms with E-state index in [1.165, 1.54) is 6.33 Å². The number of benzene rings is 1. The van der Waals surface area contributed by atoms with E-state index in [-0.39, 0.29) is 11.2 Å². The number of hydrogen-bond donors (Lipinski definition) is 2. The summed E-state index contributed by atoms with van der Waals surface area (Å²) in [5, 5.41) is 0. The van der Waals surface area contributed by atoms with E-state index in [4.69, 9.17) is 0 Å². The highest BCUT2D eigenvalue weighted by atomic mass is 19.4. The molecular formula is C17H11F3N8. The first-order valence-corrected chi connectivity index (χ1v) is 7.95. The van der Waals surface area contributed by atoms with E-state index in [0.717, 1.165) is 29.4 Å². The maximum Gasteiger partial charge on any atom is 0.435 e. The van der Waals surface area contributed by atoms with E-state index in [1.807, 2.05) is 30.3 Å². The Morgan fingerprint density at radius 1 is 0.679 bits per heavy atom. The molecule has 140 valence electrons. The minimum absolute atomic E-state index is 0.0160. The van der Waals surface area contributed by atoms with Crippen molar-refractivity contribution in [3.05, 3.63) is 61.3 Å². The van der Waals surface area contributed by atoms with Crippen LogP contribution in [0, 0.1) is 0 Å². The quantitative estimate of drug-likeness (QED) is 0.459. The third-order valence-corrected chi connectivity index (χ3v) is 3.76. The Hall–Kier alpha value is -3.89. The molecule has 8 nitrogen and oxygen atoms in total. The minimum atomic E-state index is -4.48. The summed E-state index contributed by atoms with van der Waals surface area (Å²) in [5.41, 5.74) is 2.37. The molecule has 0 aliphatic heterocycles. The third kappa shape index (κ3) is 3.37. The van der Waals surface area contributed by atoms with Gasteiger partial charge in [-0.15, -0.1) is 0 Å². The van der Waals surface area contributed by atoms with Crippen molar-refractivity contribution < 1.29 is 13.2 Å². The van der Waals surface area contributed by atoms with E-state index in [0.29, 0.717) is 5.65 Å². The Bertz CT molecular complexity index is 1210. The number of alkyl halides is 3. The van der Waals surface area contributed by atoms with Gasteiger partial charge < -0.3 is 9.97 Å². The lowest BCUT2D eigenvalue weighted by Gasteiger charge is -2.04. The molecular weight excluding hydrogens is 373 g/mol. The molecule has 0 atom stereocenters. The predicted molar refractivity (Wildman–Crippen MR) is 93.8 cm³/mol. The zero-order valence-corrected chi connectivity index (χ0v) is 14.0. The van der Waals surface area contributed by atoms with Crippen LogP contribution in [0.15, 0.2) is 55.6 Å². The number of fused-ring (bicyclic) bond motifs is 2. The van der Waals surface area contributed by atoms with Crippen LogP contribution < -0.4 is 0 Å². The average Bonchev–Trinajstić information content (AvgIpc) is 3.37. The van der Waals surface area contributed by atoms with Crippen LogP contribution in [0.3, 0.4) is 0 Å². The molecule has 0 unspecified atom stereocenters. The lowest BCUT2D eigenvalue weighted by Crippen LogP contribution is -2.09. The van der Waals surface area contributed by atoms with Crippen molar-refractivity contribution in [1.82, 2.24) is 39.9 Å². The summed E-state index contributed by atoms with van der Waals surface area (Å²) >= 11 is 0. The molecule has 1 aromatic carbocycles. The van der Waals surface area contributed by atoms with Crippen molar-refractivity contribution in [2.45, 2.75) is 6.18 Å². The molecule has 0 amide bonds. The van der Waals surface area contributed by atoms with E-state index < -0.39 is 11.9 Å². The Morgan fingerprint density at radius 3 is 1.96 bits per heavy atom. The summed E-state index contributed by atoms with van der Waals surface area (Å²) in [5.74, 6) is 0. The standard InChI is InChI=1S/C11H8N4.C6H3F3N4/c1-2-4-8(5-3-1)9-10-11(14-6-12-9)15-7-13-10;7-6(8,9)4-3-5(12-1-10-3)13-2-11-4/h1-7H,(H,12,13,14,15);1-2H,(H,10,11,12,13). The number of aromatic amines is 2. The molecule has 0 saturated heterocycles. The number of H-pyrrole nitrogens is 2. The molecule has 0 aliphatic carbocycles. The van der Waals surface area contributed by atoms with Crippen LogP contribution in [-0.4, -0.2) is 39.9 Å². The van der Waals surface area contributed by atoms with Gasteiger partial charge in [-0.3, -0.25) is 0 Å². The van der Waals surface area contributed by atoms with Gasteiger partial charge >= 0.3 is 6.18 Å². The van der Waals surface area contributed by atoms with Crippen LogP contribution in [0.2, 0.25) is 0 Å². The zero-order chi connectivity index (χ0) is 19.6. The molecule has 0 saturated carbocycles. The van der Waals surface area contributed by atoms with Gasteiger partial charge in [0.15, 0.2) is 17.0 Å². The highest BCUT2D eigenvalue weighted by molar-refractivity contribution is 5.86. The molecule has 4 aromatic heterocycles. The molecule has 0 fully saturated rings. The van der Waals surface area contributed by atoms with E-state index >= 15 is 0 Å². The van der Waals surface area contributed by atoms with Crippen molar-refractivity contribution >= 4 is 22.3 Å².